The van der Waals surface area contributed by atoms with Crippen molar-refractivity contribution in [2.24, 2.45) is 0 Å². The Morgan fingerprint density at radius 1 is 1.04 bits per heavy atom. The third-order valence-electron chi connectivity index (χ3n) is 4.02. The average Bonchev–Trinajstić information content (AvgIpc) is 3.17. The van der Waals surface area contributed by atoms with Crippen molar-refractivity contribution in [1.29, 1.82) is 0 Å². The van der Waals surface area contributed by atoms with Crippen molar-refractivity contribution < 1.29 is 18.5 Å². The molecule has 0 spiro atoms. The van der Waals surface area contributed by atoms with E-state index in [4.69, 9.17) is 9.47 Å². The SMILES string of the molecule is CC.CC.CCOC(=O)COC1CCc2cc(S(=O)c3ccccc3)ccc21. The lowest BCUT2D eigenvalue weighted by Gasteiger charge is -2.13. The third kappa shape index (κ3) is 6.57. The summed E-state index contributed by atoms with van der Waals surface area (Å²) in [4.78, 5) is 13.0. The molecule has 0 amide bonds. The molecule has 0 radical (unpaired) electrons. The Kier molecular flexibility index (Phi) is 11.4. The Balaban J connectivity index is 0.000000921. The highest BCUT2D eigenvalue weighted by molar-refractivity contribution is 7.85. The second kappa shape index (κ2) is 13.2. The lowest BCUT2D eigenvalue weighted by atomic mass is 10.1. The van der Waals surface area contributed by atoms with Crippen LogP contribution in [0.25, 0.3) is 0 Å². The molecule has 2 unspecified atom stereocenters. The Morgan fingerprint density at radius 2 is 1.71 bits per heavy atom. The van der Waals surface area contributed by atoms with Gasteiger partial charge in [0, 0.05) is 9.79 Å². The zero-order valence-corrected chi connectivity index (χ0v) is 18.4. The van der Waals surface area contributed by atoms with E-state index in [9.17, 15) is 9.00 Å². The summed E-state index contributed by atoms with van der Waals surface area (Å²) in [5.41, 5.74) is 2.22. The fourth-order valence-corrected chi connectivity index (χ4v) is 4.01. The first-order valence-electron chi connectivity index (χ1n) is 10.1. The van der Waals surface area contributed by atoms with Crippen molar-refractivity contribution in [3.8, 4) is 0 Å². The van der Waals surface area contributed by atoms with Gasteiger partial charge in [-0.3, -0.25) is 0 Å². The Bertz CT molecular complexity index is 744. The summed E-state index contributed by atoms with van der Waals surface area (Å²) >= 11 is 0. The predicted molar refractivity (Wildman–Crippen MR) is 114 cm³/mol. The zero-order valence-electron chi connectivity index (χ0n) is 17.6. The van der Waals surface area contributed by atoms with Gasteiger partial charge in [-0.05, 0) is 55.2 Å². The van der Waals surface area contributed by atoms with Gasteiger partial charge in [-0.1, -0.05) is 52.0 Å². The van der Waals surface area contributed by atoms with Crippen molar-refractivity contribution in [1.82, 2.24) is 0 Å². The van der Waals surface area contributed by atoms with Crippen LogP contribution in [-0.2, 0) is 31.5 Å². The smallest absolute Gasteiger partial charge is 0.332 e. The van der Waals surface area contributed by atoms with Gasteiger partial charge in [0.15, 0.2) is 0 Å². The largest absolute Gasteiger partial charge is 0.464 e. The van der Waals surface area contributed by atoms with Crippen molar-refractivity contribution in [3.63, 3.8) is 0 Å². The molecule has 0 aromatic heterocycles. The molecule has 28 heavy (non-hydrogen) atoms. The number of esters is 1. The molecule has 2 aromatic carbocycles. The Hall–Kier alpha value is -1.98. The van der Waals surface area contributed by atoms with Crippen LogP contribution in [0.15, 0.2) is 58.3 Å². The van der Waals surface area contributed by atoms with Crippen LogP contribution in [0.1, 0.15) is 58.3 Å². The van der Waals surface area contributed by atoms with E-state index in [2.05, 4.69) is 0 Å². The summed E-state index contributed by atoms with van der Waals surface area (Å²) in [6.45, 7) is 10.1. The minimum atomic E-state index is -1.18. The summed E-state index contributed by atoms with van der Waals surface area (Å²) in [7, 11) is -1.18. The molecule has 0 saturated heterocycles. The molecule has 0 N–H and O–H groups in total. The second-order valence-electron chi connectivity index (χ2n) is 5.59. The summed E-state index contributed by atoms with van der Waals surface area (Å²) in [5, 5.41) is 0. The predicted octanol–water partition coefficient (Wildman–Crippen LogP) is 5.47. The van der Waals surface area contributed by atoms with E-state index in [1.165, 1.54) is 0 Å². The molecule has 2 atom stereocenters. The first-order valence-corrected chi connectivity index (χ1v) is 11.2. The molecule has 1 aliphatic rings. The number of aryl methyl sites for hydroxylation is 1. The molecule has 3 rings (SSSR count). The van der Waals surface area contributed by atoms with Gasteiger partial charge < -0.3 is 9.47 Å². The van der Waals surface area contributed by atoms with E-state index in [-0.39, 0.29) is 18.7 Å². The van der Waals surface area contributed by atoms with E-state index in [0.717, 1.165) is 33.8 Å². The van der Waals surface area contributed by atoms with E-state index in [1.807, 2.05) is 76.2 Å². The molecule has 0 aliphatic heterocycles. The topological polar surface area (TPSA) is 52.6 Å². The third-order valence-corrected chi connectivity index (χ3v) is 5.40. The molecule has 2 aromatic rings. The molecule has 0 bridgehead atoms. The van der Waals surface area contributed by atoms with Crippen molar-refractivity contribution in [2.45, 2.75) is 63.4 Å². The number of hydrogen-bond acceptors (Lipinski definition) is 4. The molecular formula is C23H32O4S. The summed E-state index contributed by atoms with van der Waals surface area (Å²) in [6.07, 6.45) is 1.60. The summed E-state index contributed by atoms with van der Waals surface area (Å²) < 4.78 is 23.2. The van der Waals surface area contributed by atoms with Crippen molar-refractivity contribution in [3.05, 3.63) is 59.7 Å². The van der Waals surface area contributed by atoms with Crippen LogP contribution in [0.3, 0.4) is 0 Å². The van der Waals surface area contributed by atoms with Crippen LogP contribution in [0, 0.1) is 0 Å². The van der Waals surface area contributed by atoms with Gasteiger partial charge in [-0.2, -0.15) is 0 Å². The van der Waals surface area contributed by atoms with E-state index in [0.29, 0.717) is 6.61 Å². The van der Waals surface area contributed by atoms with Crippen LogP contribution >= 0.6 is 0 Å². The first-order chi connectivity index (χ1) is 13.7. The van der Waals surface area contributed by atoms with Gasteiger partial charge in [0.25, 0.3) is 0 Å². The van der Waals surface area contributed by atoms with Crippen LogP contribution in [0.2, 0.25) is 0 Å². The monoisotopic (exact) mass is 404 g/mol. The van der Waals surface area contributed by atoms with Gasteiger partial charge in [0.1, 0.15) is 6.61 Å². The molecular weight excluding hydrogens is 372 g/mol. The maximum absolute atomic E-state index is 12.6. The lowest BCUT2D eigenvalue weighted by molar-refractivity contribution is -0.150. The normalized spacial score (nSPS) is 15.2. The molecule has 0 saturated carbocycles. The summed E-state index contributed by atoms with van der Waals surface area (Å²) in [6, 6.07) is 15.3. The van der Waals surface area contributed by atoms with Crippen LogP contribution < -0.4 is 0 Å². The number of hydrogen-bond donors (Lipinski definition) is 0. The minimum absolute atomic E-state index is 0.0321. The maximum atomic E-state index is 12.6. The molecule has 0 heterocycles. The Morgan fingerprint density at radius 3 is 2.36 bits per heavy atom. The summed E-state index contributed by atoms with van der Waals surface area (Å²) in [5.74, 6) is -0.340. The zero-order chi connectivity index (χ0) is 20.9. The maximum Gasteiger partial charge on any atom is 0.332 e. The van der Waals surface area contributed by atoms with E-state index >= 15 is 0 Å². The van der Waals surface area contributed by atoms with Gasteiger partial charge >= 0.3 is 5.97 Å². The standard InChI is InChI=1S/C19H20O4S.2C2H6/c1-2-22-19(20)13-23-18-11-8-14-12-16(9-10-17(14)18)24(21)15-6-4-3-5-7-15;2*1-2/h3-7,9-10,12,18H,2,8,11,13H2,1H3;2*1-2H3. The van der Waals surface area contributed by atoms with Gasteiger partial charge in [-0.15, -0.1) is 0 Å². The van der Waals surface area contributed by atoms with Gasteiger partial charge in [0.2, 0.25) is 0 Å². The fourth-order valence-electron chi connectivity index (χ4n) is 2.89. The minimum Gasteiger partial charge on any atom is -0.464 e. The van der Waals surface area contributed by atoms with Crippen LogP contribution in [0.4, 0.5) is 0 Å². The number of rotatable bonds is 6. The highest BCUT2D eigenvalue weighted by Gasteiger charge is 2.25. The molecule has 5 heteroatoms. The average molecular weight is 405 g/mol. The number of fused-ring (bicyclic) bond motifs is 1. The molecule has 0 fully saturated rings. The highest BCUT2D eigenvalue weighted by atomic mass is 32.2. The fraction of sp³-hybridized carbons (Fsp3) is 0.435. The quantitative estimate of drug-likeness (QED) is 0.599. The van der Waals surface area contributed by atoms with Gasteiger partial charge in [-0.25, -0.2) is 9.00 Å². The molecule has 4 nitrogen and oxygen atoms in total. The second-order valence-corrected chi connectivity index (χ2v) is 7.07. The number of carbonyl (C=O) groups is 1. The van der Waals surface area contributed by atoms with Gasteiger partial charge in [0.05, 0.1) is 23.5 Å². The van der Waals surface area contributed by atoms with Crippen molar-refractivity contribution >= 4 is 16.8 Å². The number of benzene rings is 2. The number of ether oxygens (including phenoxy) is 2. The molecule has 1 aliphatic carbocycles. The lowest BCUT2D eigenvalue weighted by Crippen LogP contribution is -2.14. The number of carbonyl (C=O) groups excluding carboxylic acids is 1. The molecule has 154 valence electrons. The van der Waals surface area contributed by atoms with Crippen LogP contribution in [-0.4, -0.2) is 23.4 Å². The van der Waals surface area contributed by atoms with Crippen molar-refractivity contribution in [2.75, 3.05) is 13.2 Å². The Labute approximate surface area is 171 Å². The van der Waals surface area contributed by atoms with E-state index in [1.54, 1.807) is 6.92 Å². The van der Waals surface area contributed by atoms with E-state index < -0.39 is 10.8 Å². The highest BCUT2D eigenvalue weighted by Crippen LogP contribution is 2.35. The first kappa shape index (κ1) is 24.1. The van der Waals surface area contributed by atoms with Crippen LogP contribution in [0.5, 0.6) is 0 Å².